The summed E-state index contributed by atoms with van der Waals surface area (Å²) in [6.07, 6.45) is -20.9. The topological polar surface area (TPSA) is 26.3 Å². The number of hydrogen-bond donors (Lipinski definition) is 0. The lowest BCUT2D eigenvalue weighted by Crippen LogP contribution is -2.86. The lowest BCUT2D eigenvalue weighted by molar-refractivity contribution is -0.507. The second-order valence-electron chi connectivity index (χ2n) is 5.60. The number of esters is 1. The van der Waals surface area contributed by atoms with Gasteiger partial charge in [-0.25, -0.2) is 9.18 Å². The molecule has 0 saturated heterocycles. The highest BCUT2D eigenvalue weighted by molar-refractivity contribution is 5.81. The van der Waals surface area contributed by atoms with Crippen molar-refractivity contribution in [1.82, 2.24) is 0 Å². The van der Waals surface area contributed by atoms with Gasteiger partial charge in [-0.2, -0.15) is 52.7 Å². The molecule has 0 spiro atoms. The molecule has 158 valence electrons. The van der Waals surface area contributed by atoms with Gasteiger partial charge in [0.2, 0.25) is 5.67 Å². The molecule has 0 aromatic carbocycles. The van der Waals surface area contributed by atoms with Gasteiger partial charge in [0.1, 0.15) is 0 Å². The molecule has 1 saturated carbocycles. The SMILES string of the molecule is C=CC(=O)OC1C(F)(F)C(C)(F)C(F)(F)C(F)(F)C1(C(F)(F)F)C(F)(F)F. The Balaban J connectivity index is 4.19. The minimum Gasteiger partial charge on any atom is -0.451 e. The molecule has 27 heavy (non-hydrogen) atoms. The number of carbonyl (C=O) groups is 1. The van der Waals surface area contributed by atoms with Crippen molar-refractivity contribution in [2.24, 2.45) is 5.41 Å². The molecule has 2 unspecified atom stereocenters. The lowest BCUT2D eigenvalue weighted by atomic mass is 9.59. The fourth-order valence-electron chi connectivity index (χ4n) is 2.58. The second kappa shape index (κ2) is 5.65. The maximum absolute atomic E-state index is 14.0. The quantitative estimate of drug-likeness (QED) is 0.356. The van der Waals surface area contributed by atoms with Gasteiger partial charge in [-0.3, -0.25) is 0 Å². The summed E-state index contributed by atoms with van der Waals surface area (Å²) in [4.78, 5) is 10.9. The van der Waals surface area contributed by atoms with Crippen LogP contribution < -0.4 is 0 Å². The lowest BCUT2D eigenvalue weighted by Gasteiger charge is -2.57. The Morgan fingerprint density at radius 1 is 0.889 bits per heavy atom. The van der Waals surface area contributed by atoms with Gasteiger partial charge in [0.25, 0.3) is 5.41 Å². The number of alkyl halides is 13. The number of rotatable bonds is 2. The van der Waals surface area contributed by atoms with Gasteiger partial charge in [-0.05, 0) is 6.92 Å². The molecule has 0 amide bonds. The maximum atomic E-state index is 14.0. The van der Waals surface area contributed by atoms with Crippen LogP contribution in [0.5, 0.6) is 0 Å². The molecule has 0 heterocycles. The highest BCUT2D eigenvalue weighted by Gasteiger charge is 3.02. The van der Waals surface area contributed by atoms with Gasteiger partial charge in [0, 0.05) is 6.08 Å². The van der Waals surface area contributed by atoms with E-state index in [2.05, 4.69) is 11.3 Å². The van der Waals surface area contributed by atoms with Crippen LogP contribution in [0.25, 0.3) is 0 Å². The molecule has 0 bridgehead atoms. The molecule has 1 aliphatic carbocycles. The molecular weight excluding hydrogens is 423 g/mol. The van der Waals surface area contributed by atoms with E-state index in [1.807, 2.05) is 0 Å². The van der Waals surface area contributed by atoms with E-state index in [0.29, 0.717) is 0 Å². The first-order valence-corrected chi connectivity index (χ1v) is 6.37. The van der Waals surface area contributed by atoms with Gasteiger partial charge in [0.05, 0.1) is 0 Å². The molecule has 0 aromatic heterocycles. The van der Waals surface area contributed by atoms with Crippen LogP contribution >= 0.6 is 0 Å². The first kappa shape index (κ1) is 23.3. The summed E-state index contributed by atoms with van der Waals surface area (Å²) in [5, 5.41) is 0. The van der Waals surface area contributed by atoms with Crippen molar-refractivity contribution >= 4 is 5.97 Å². The van der Waals surface area contributed by atoms with Crippen LogP contribution in [0.15, 0.2) is 12.7 Å². The minimum atomic E-state index is -7.59. The third-order valence-corrected chi connectivity index (χ3v) is 4.12. The Kier molecular flexibility index (Phi) is 4.89. The maximum Gasteiger partial charge on any atom is 0.413 e. The molecule has 0 radical (unpaired) electrons. The highest BCUT2D eigenvalue weighted by atomic mass is 19.4. The average Bonchev–Trinajstić information content (AvgIpc) is 2.41. The zero-order valence-electron chi connectivity index (χ0n) is 12.6. The van der Waals surface area contributed by atoms with Crippen LogP contribution in [0.2, 0.25) is 0 Å². The molecule has 1 fully saturated rings. The summed E-state index contributed by atoms with van der Waals surface area (Å²) >= 11 is 0. The van der Waals surface area contributed by atoms with E-state index in [-0.39, 0.29) is 6.08 Å². The normalized spacial score (nSPS) is 31.9. The van der Waals surface area contributed by atoms with Crippen molar-refractivity contribution in [3.05, 3.63) is 12.7 Å². The largest absolute Gasteiger partial charge is 0.451 e. The van der Waals surface area contributed by atoms with Gasteiger partial charge < -0.3 is 4.74 Å². The third kappa shape index (κ3) is 2.45. The molecule has 0 aliphatic heterocycles. The van der Waals surface area contributed by atoms with E-state index in [1.165, 1.54) is 0 Å². The fraction of sp³-hybridized carbons (Fsp3) is 0.750. The molecule has 1 rings (SSSR count). The minimum absolute atomic E-state index is 0.311. The summed E-state index contributed by atoms with van der Waals surface area (Å²) in [6.45, 7) is 1.40. The van der Waals surface area contributed by atoms with E-state index in [0.717, 1.165) is 0 Å². The van der Waals surface area contributed by atoms with Crippen LogP contribution in [0.4, 0.5) is 57.1 Å². The van der Waals surface area contributed by atoms with Gasteiger partial charge >= 0.3 is 36.1 Å². The molecule has 2 nitrogen and oxygen atoms in total. The number of halogens is 13. The van der Waals surface area contributed by atoms with Crippen molar-refractivity contribution in [2.45, 2.75) is 48.8 Å². The van der Waals surface area contributed by atoms with Crippen LogP contribution in [0, 0.1) is 5.41 Å². The van der Waals surface area contributed by atoms with E-state index < -0.39 is 60.2 Å². The molecule has 2 atom stereocenters. The summed E-state index contributed by atoms with van der Waals surface area (Å²) in [5.41, 5.74) is -13.3. The van der Waals surface area contributed by atoms with Crippen LogP contribution in [-0.2, 0) is 9.53 Å². The number of hydrogen-bond acceptors (Lipinski definition) is 2. The third-order valence-electron chi connectivity index (χ3n) is 4.12. The predicted molar refractivity (Wildman–Crippen MR) is 59.0 cm³/mol. The van der Waals surface area contributed by atoms with Crippen molar-refractivity contribution < 1.29 is 66.6 Å². The summed E-state index contributed by atoms with van der Waals surface area (Å²) in [5.74, 6) is -23.9. The summed E-state index contributed by atoms with van der Waals surface area (Å²) in [6, 6.07) is 0. The summed E-state index contributed by atoms with van der Waals surface area (Å²) in [7, 11) is 0. The van der Waals surface area contributed by atoms with Crippen molar-refractivity contribution in [3.8, 4) is 0 Å². The fourth-order valence-corrected chi connectivity index (χ4v) is 2.58. The Labute approximate surface area is 140 Å². The van der Waals surface area contributed by atoms with E-state index in [4.69, 9.17) is 0 Å². The van der Waals surface area contributed by atoms with Gasteiger partial charge in [-0.15, -0.1) is 0 Å². The standard InChI is InChI=1S/C12H7F13O2/c1-3-4(26)27-5-7(11(20,21)22,12(23,24)25)10(18,19)9(16,17)6(2,13)8(5,14)15/h3,5H,1H2,2H3. The molecular formula is C12H7F13O2. The Hall–Kier alpha value is -1.70. The zero-order valence-corrected chi connectivity index (χ0v) is 12.6. The van der Waals surface area contributed by atoms with E-state index in [9.17, 15) is 61.9 Å². The van der Waals surface area contributed by atoms with Crippen LogP contribution in [0.3, 0.4) is 0 Å². The van der Waals surface area contributed by atoms with Gasteiger partial charge in [0.15, 0.2) is 6.10 Å². The summed E-state index contributed by atoms with van der Waals surface area (Å²) < 4.78 is 179. The van der Waals surface area contributed by atoms with E-state index >= 15 is 0 Å². The predicted octanol–water partition coefficient (Wildman–Crippen LogP) is 4.84. The Bertz CT molecular complexity index is 614. The first-order chi connectivity index (χ1) is 11.6. The van der Waals surface area contributed by atoms with Crippen molar-refractivity contribution in [3.63, 3.8) is 0 Å². The number of carbonyl (C=O) groups excluding carboxylic acids is 1. The second-order valence-corrected chi connectivity index (χ2v) is 5.60. The smallest absolute Gasteiger partial charge is 0.413 e. The van der Waals surface area contributed by atoms with Crippen LogP contribution in [-0.4, -0.2) is 47.9 Å². The monoisotopic (exact) mass is 430 g/mol. The molecule has 1 aliphatic rings. The van der Waals surface area contributed by atoms with E-state index in [1.54, 1.807) is 0 Å². The zero-order chi connectivity index (χ0) is 22.1. The average molecular weight is 430 g/mol. The molecule has 15 heteroatoms. The Morgan fingerprint density at radius 3 is 1.56 bits per heavy atom. The van der Waals surface area contributed by atoms with Crippen LogP contribution in [0.1, 0.15) is 6.92 Å². The molecule has 0 N–H and O–H groups in total. The highest BCUT2D eigenvalue weighted by Crippen LogP contribution is 2.74. The molecule has 0 aromatic rings. The number of ether oxygens (including phenoxy) is 1. The van der Waals surface area contributed by atoms with Gasteiger partial charge in [-0.1, -0.05) is 6.58 Å². The Morgan fingerprint density at radius 2 is 1.26 bits per heavy atom. The first-order valence-electron chi connectivity index (χ1n) is 6.37. The van der Waals surface area contributed by atoms with Crippen molar-refractivity contribution in [1.29, 1.82) is 0 Å². The van der Waals surface area contributed by atoms with Crippen molar-refractivity contribution in [2.75, 3.05) is 0 Å².